The van der Waals surface area contributed by atoms with E-state index in [2.05, 4.69) is 0 Å². The third-order valence-corrected chi connectivity index (χ3v) is 3.69. The van der Waals surface area contributed by atoms with E-state index >= 15 is 0 Å². The Hall–Kier alpha value is -2.90. The van der Waals surface area contributed by atoms with Gasteiger partial charge in [-0.05, 0) is 39.8 Å². The van der Waals surface area contributed by atoms with Gasteiger partial charge in [-0.3, -0.25) is 9.59 Å². The largest absolute Gasteiger partial charge is 0.466 e. The van der Waals surface area contributed by atoms with Gasteiger partial charge >= 0.3 is 23.9 Å². The fourth-order valence-electron chi connectivity index (χ4n) is 2.40. The second-order valence-corrected chi connectivity index (χ2v) is 5.93. The van der Waals surface area contributed by atoms with Crippen LogP contribution in [0.5, 0.6) is 0 Å². The molecule has 0 spiro atoms. The number of ether oxygens (including phenoxy) is 4. The SMILES string of the molecule is CCOC(=O)CC(CC(=O)OCC)(OC(=O)c1ccc(C)cc1)C(=O)OCC. The Morgan fingerprint density at radius 2 is 1.25 bits per heavy atom. The van der Waals surface area contributed by atoms with E-state index in [1.165, 1.54) is 12.1 Å². The molecule has 0 N–H and O–H groups in total. The Kier molecular flexibility index (Phi) is 9.14. The summed E-state index contributed by atoms with van der Waals surface area (Å²) in [5.41, 5.74) is -1.10. The topological polar surface area (TPSA) is 105 Å². The maximum Gasteiger partial charge on any atom is 0.351 e. The van der Waals surface area contributed by atoms with Gasteiger partial charge in [0.05, 0.1) is 38.2 Å². The van der Waals surface area contributed by atoms with Gasteiger partial charge in [0.25, 0.3) is 0 Å². The Balaban J connectivity index is 3.27. The molecule has 0 aliphatic carbocycles. The lowest BCUT2D eigenvalue weighted by molar-refractivity contribution is -0.177. The van der Waals surface area contributed by atoms with Gasteiger partial charge in [0, 0.05) is 0 Å². The minimum Gasteiger partial charge on any atom is -0.466 e. The summed E-state index contributed by atoms with van der Waals surface area (Å²) >= 11 is 0. The number of benzene rings is 1. The maximum absolute atomic E-state index is 12.7. The number of rotatable bonds is 10. The normalized spacial score (nSPS) is 10.7. The van der Waals surface area contributed by atoms with Crippen LogP contribution >= 0.6 is 0 Å². The van der Waals surface area contributed by atoms with Crippen molar-refractivity contribution in [3.8, 4) is 0 Å². The first-order valence-electron chi connectivity index (χ1n) is 9.06. The quantitative estimate of drug-likeness (QED) is 0.440. The molecule has 0 heterocycles. The average Bonchev–Trinajstić information content (AvgIpc) is 2.62. The van der Waals surface area contributed by atoms with E-state index in [9.17, 15) is 19.2 Å². The highest BCUT2D eigenvalue weighted by molar-refractivity contribution is 5.96. The Labute approximate surface area is 164 Å². The van der Waals surface area contributed by atoms with Crippen molar-refractivity contribution in [3.05, 3.63) is 35.4 Å². The van der Waals surface area contributed by atoms with E-state index in [0.29, 0.717) is 0 Å². The fourth-order valence-corrected chi connectivity index (χ4v) is 2.40. The summed E-state index contributed by atoms with van der Waals surface area (Å²) in [4.78, 5) is 49.5. The van der Waals surface area contributed by atoms with E-state index in [0.717, 1.165) is 5.56 Å². The molecule has 8 nitrogen and oxygen atoms in total. The van der Waals surface area contributed by atoms with E-state index in [4.69, 9.17) is 18.9 Å². The molecular formula is C20H26O8. The standard InChI is InChI=1S/C20H26O8/c1-5-25-16(21)12-20(19(24)27-7-3,13-17(22)26-6-2)28-18(23)15-10-8-14(4)9-11-15/h8-11H,5-7,12-13H2,1-4H3. The molecular weight excluding hydrogens is 368 g/mol. The third kappa shape index (κ3) is 6.68. The molecule has 154 valence electrons. The van der Waals surface area contributed by atoms with E-state index in [1.54, 1.807) is 32.9 Å². The summed E-state index contributed by atoms with van der Waals surface area (Å²) in [6.45, 7) is 6.67. The first kappa shape index (κ1) is 23.1. The molecule has 0 atom stereocenters. The number of carbonyl (C=O) groups excluding carboxylic acids is 4. The van der Waals surface area contributed by atoms with Crippen LogP contribution in [0.3, 0.4) is 0 Å². The molecule has 1 rings (SSSR count). The second kappa shape index (κ2) is 11.1. The van der Waals surface area contributed by atoms with Crippen LogP contribution in [-0.4, -0.2) is 49.3 Å². The predicted molar refractivity (Wildman–Crippen MR) is 98.5 cm³/mol. The van der Waals surface area contributed by atoms with Crippen LogP contribution in [0.4, 0.5) is 0 Å². The molecule has 0 amide bonds. The Morgan fingerprint density at radius 3 is 1.68 bits per heavy atom. The summed E-state index contributed by atoms with van der Waals surface area (Å²) in [5, 5.41) is 0. The summed E-state index contributed by atoms with van der Waals surface area (Å²) in [6, 6.07) is 6.42. The Morgan fingerprint density at radius 1 is 0.786 bits per heavy atom. The van der Waals surface area contributed by atoms with Crippen LogP contribution in [0.1, 0.15) is 49.5 Å². The maximum atomic E-state index is 12.7. The van der Waals surface area contributed by atoms with E-state index in [1.807, 2.05) is 6.92 Å². The summed E-state index contributed by atoms with van der Waals surface area (Å²) in [7, 11) is 0. The van der Waals surface area contributed by atoms with Crippen LogP contribution < -0.4 is 0 Å². The van der Waals surface area contributed by atoms with Gasteiger partial charge in [0.15, 0.2) is 0 Å². The van der Waals surface area contributed by atoms with Crippen molar-refractivity contribution in [3.63, 3.8) is 0 Å². The van der Waals surface area contributed by atoms with E-state index in [-0.39, 0.29) is 25.4 Å². The van der Waals surface area contributed by atoms with Crippen LogP contribution in [0.15, 0.2) is 24.3 Å². The molecule has 0 aromatic heterocycles. The highest BCUT2D eigenvalue weighted by Crippen LogP contribution is 2.27. The zero-order chi connectivity index (χ0) is 21.2. The van der Waals surface area contributed by atoms with Crippen LogP contribution in [0, 0.1) is 6.92 Å². The number of hydrogen-bond donors (Lipinski definition) is 0. The van der Waals surface area contributed by atoms with Crippen molar-refractivity contribution in [2.24, 2.45) is 0 Å². The molecule has 0 radical (unpaired) electrons. The van der Waals surface area contributed by atoms with Gasteiger partial charge in [0.2, 0.25) is 5.60 Å². The van der Waals surface area contributed by atoms with Crippen molar-refractivity contribution in [2.45, 2.75) is 46.1 Å². The van der Waals surface area contributed by atoms with Crippen LogP contribution in [-0.2, 0) is 33.3 Å². The summed E-state index contributed by atoms with van der Waals surface area (Å²) in [5.74, 6) is -3.51. The third-order valence-electron chi connectivity index (χ3n) is 3.69. The molecule has 0 fully saturated rings. The van der Waals surface area contributed by atoms with Gasteiger partial charge in [-0.2, -0.15) is 0 Å². The Bertz CT molecular complexity index is 673. The molecule has 1 aromatic carbocycles. The van der Waals surface area contributed by atoms with Gasteiger partial charge in [-0.1, -0.05) is 17.7 Å². The lowest BCUT2D eigenvalue weighted by Crippen LogP contribution is -2.48. The first-order chi connectivity index (χ1) is 13.3. The highest BCUT2D eigenvalue weighted by atomic mass is 16.6. The van der Waals surface area contributed by atoms with Crippen molar-refractivity contribution < 1.29 is 38.1 Å². The second-order valence-electron chi connectivity index (χ2n) is 5.93. The van der Waals surface area contributed by atoms with Gasteiger partial charge in [0.1, 0.15) is 0 Å². The molecule has 0 bridgehead atoms. The minimum atomic E-state index is -2.18. The summed E-state index contributed by atoms with van der Waals surface area (Å²) in [6.07, 6.45) is -1.34. The molecule has 0 saturated heterocycles. The van der Waals surface area contributed by atoms with Gasteiger partial charge in [-0.25, -0.2) is 9.59 Å². The van der Waals surface area contributed by atoms with Crippen molar-refractivity contribution in [1.82, 2.24) is 0 Å². The predicted octanol–water partition coefficient (Wildman–Crippen LogP) is 2.36. The van der Waals surface area contributed by atoms with Gasteiger partial charge < -0.3 is 18.9 Å². The molecule has 1 aromatic rings. The molecule has 8 heteroatoms. The fraction of sp³-hybridized carbons (Fsp3) is 0.500. The molecule has 0 aliphatic heterocycles. The van der Waals surface area contributed by atoms with Crippen LogP contribution in [0.25, 0.3) is 0 Å². The van der Waals surface area contributed by atoms with Crippen molar-refractivity contribution in [2.75, 3.05) is 19.8 Å². The average molecular weight is 394 g/mol. The molecule has 0 aliphatic rings. The number of aryl methyl sites for hydroxylation is 1. The van der Waals surface area contributed by atoms with Crippen molar-refractivity contribution >= 4 is 23.9 Å². The zero-order valence-electron chi connectivity index (χ0n) is 16.6. The lowest BCUT2D eigenvalue weighted by Gasteiger charge is -2.29. The summed E-state index contributed by atoms with van der Waals surface area (Å²) < 4.78 is 20.1. The monoisotopic (exact) mass is 394 g/mol. The zero-order valence-corrected chi connectivity index (χ0v) is 16.6. The minimum absolute atomic E-state index is 0.0334. The molecule has 0 saturated carbocycles. The van der Waals surface area contributed by atoms with Crippen LogP contribution in [0.2, 0.25) is 0 Å². The molecule has 0 unspecified atom stereocenters. The number of hydrogen-bond acceptors (Lipinski definition) is 8. The first-order valence-corrected chi connectivity index (χ1v) is 9.06. The van der Waals surface area contributed by atoms with E-state index < -0.39 is 42.3 Å². The van der Waals surface area contributed by atoms with Crippen molar-refractivity contribution in [1.29, 1.82) is 0 Å². The highest BCUT2D eigenvalue weighted by Gasteiger charge is 2.49. The number of esters is 4. The van der Waals surface area contributed by atoms with Gasteiger partial charge in [-0.15, -0.1) is 0 Å². The lowest BCUT2D eigenvalue weighted by atomic mass is 9.94. The smallest absolute Gasteiger partial charge is 0.351 e. The number of carbonyl (C=O) groups is 4. The molecule has 28 heavy (non-hydrogen) atoms.